The summed E-state index contributed by atoms with van der Waals surface area (Å²) < 4.78 is 0. The predicted molar refractivity (Wildman–Crippen MR) is 122 cm³/mol. The number of Topliss-reactive ketones (excluding diaryl/α,β-unsaturated/α-hetero) is 1. The number of carbonyl (C=O) groups excluding carboxylic acids is 1. The van der Waals surface area contributed by atoms with Crippen LogP contribution in [0.2, 0.25) is 0 Å². The fourth-order valence-electron chi connectivity index (χ4n) is 4.95. The minimum Gasteiger partial charge on any atom is -0.351 e. The van der Waals surface area contributed by atoms with Crippen molar-refractivity contribution in [2.45, 2.75) is 24.9 Å². The second-order valence-corrected chi connectivity index (χ2v) is 8.85. The van der Waals surface area contributed by atoms with E-state index in [1.54, 1.807) is 0 Å². The van der Waals surface area contributed by atoms with E-state index in [1.807, 2.05) is 89.3 Å². The third-order valence-electron chi connectivity index (χ3n) is 6.42. The molecule has 31 heavy (non-hydrogen) atoms. The Bertz CT molecular complexity index is 1250. The van der Waals surface area contributed by atoms with E-state index in [0.29, 0.717) is 5.56 Å². The van der Waals surface area contributed by atoms with E-state index in [1.165, 1.54) is 11.3 Å². The Hall–Kier alpha value is -3.67. The van der Waals surface area contributed by atoms with Crippen LogP contribution < -0.4 is 4.90 Å². The van der Waals surface area contributed by atoms with Gasteiger partial charge in [-0.3, -0.25) is 4.79 Å². The Balaban J connectivity index is 1.77. The van der Waals surface area contributed by atoms with Gasteiger partial charge in [-0.2, -0.15) is 21.9 Å². The number of rotatable bonds is 3. The van der Waals surface area contributed by atoms with E-state index in [2.05, 4.69) is 12.1 Å². The van der Waals surface area contributed by atoms with Crippen LogP contribution in [0, 0.1) is 35.0 Å². The molecule has 1 aromatic heterocycles. The minimum atomic E-state index is -1.38. The van der Waals surface area contributed by atoms with Gasteiger partial charge >= 0.3 is 0 Å². The number of aryl methyl sites for hydroxylation is 1. The average Bonchev–Trinajstić information content (AvgIpc) is 3.43. The SMILES string of the molecule is Cc1ccc(C(=O)[C@H]2[C@H](c3ccsc3)C(C#N)(C#N)[C@@H]3C=Cc4ccccc4N32)cc1. The van der Waals surface area contributed by atoms with Crippen LogP contribution >= 0.6 is 11.3 Å². The van der Waals surface area contributed by atoms with Crippen LogP contribution in [0.3, 0.4) is 0 Å². The number of hydrogen-bond donors (Lipinski definition) is 0. The molecule has 2 aliphatic rings. The third-order valence-corrected chi connectivity index (χ3v) is 7.12. The summed E-state index contributed by atoms with van der Waals surface area (Å²) in [6.07, 6.45) is 3.87. The molecule has 0 bridgehead atoms. The molecule has 0 spiro atoms. The van der Waals surface area contributed by atoms with E-state index < -0.39 is 23.4 Å². The van der Waals surface area contributed by atoms with Crippen molar-refractivity contribution in [3.05, 3.63) is 93.7 Å². The number of para-hydroxylation sites is 1. The fourth-order valence-corrected chi connectivity index (χ4v) is 5.64. The van der Waals surface area contributed by atoms with Crippen LogP contribution in [-0.4, -0.2) is 17.9 Å². The number of anilines is 1. The van der Waals surface area contributed by atoms with Crippen LogP contribution in [0.5, 0.6) is 0 Å². The van der Waals surface area contributed by atoms with E-state index in [-0.39, 0.29) is 5.78 Å². The average molecular weight is 422 g/mol. The van der Waals surface area contributed by atoms with Gasteiger partial charge in [0.1, 0.15) is 6.04 Å². The first-order valence-electron chi connectivity index (χ1n) is 10.1. The van der Waals surface area contributed by atoms with E-state index in [9.17, 15) is 15.3 Å². The largest absolute Gasteiger partial charge is 0.351 e. The zero-order valence-electron chi connectivity index (χ0n) is 16.9. The van der Waals surface area contributed by atoms with Crippen LogP contribution in [0.25, 0.3) is 6.08 Å². The topological polar surface area (TPSA) is 67.9 Å². The number of ketones is 1. The molecule has 0 radical (unpaired) electrons. The molecule has 1 fully saturated rings. The zero-order chi connectivity index (χ0) is 21.6. The van der Waals surface area contributed by atoms with Gasteiger partial charge in [0.2, 0.25) is 0 Å². The van der Waals surface area contributed by atoms with Crippen molar-refractivity contribution in [2.24, 2.45) is 5.41 Å². The van der Waals surface area contributed by atoms with Crippen molar-refractivity contribution in [3.8, 4) is 12.1 Å². The fraction of sp³-hybridized carbons (Fsp3) is 0.192. The van der Waals surface area contributed by atoms with Crippen LogP contribution in [0.1, 0.15) is 33.0 Å². The lowest BCUT2D eigenvalue weighted by Crippen LogP contribution is -2.44. The van der Waals surface area contributed by atoms with Crippen molar-refractivity contribution < 1.29 is 4.79 Å². The van der Waals surface area contributed by atoms with Crippen LogP contribution in [0.4, 0.5) is 5.69 Å². The summed E-state index contributed by atoms with van der Waals surface area (Å²) in [5, 5.41) is 24.6. The number of nitrogens with zero attached hydrogens (tertiary/aromatic N) is 3. The summed E-state index contributed by atoms with van der Waals surface area (Å²) in [7, 11) is 0. The Morgan fingerprint density at radius 3 is 2.48 bits per heavy atom. The van der Waals surface area contributed by atoms with Crippen LogP contribution in [-0.2, 0) is 0 Å². The van der Waals surface area contributed by atoms with Crippen molar-refractivity contribution in [1.82, 2.24) is 0 Å². The Morgan fingerprint density at radius 1 is 1.06 bits per heavy atom. The van der Waals surface area contributed by atoms with Gasteiger partial charge < -0.3 is 4.90 Å². The highest BCUT2D eigenvalue weighted by Gasteiger charge is 2.63. The zero-order valence-corrected chi connectivity index (χ0v) is 17.7. The molecule has 0 amide bonds. The highest BCUT2D eigenvalue weighted by Crippen LogP contribution is 2.55. The Labute approximate surface area is 185 Å². The minimum absolute atomic E-state index is 0.0707. The number of nitriles is 2. The molecule has 5 heteroatoms. The molecule has 2 aliphatic heterocycles. The van der Waals surface area contributed by atoms with E-state index in [0.717, 1.165) is 22.4 Å². The summed E-state index contributed by atoms with van der Waals surface area (Å²) in [5.41, 5.74) is 3.01. The summed E-state index contributed by atoms with van der Waals surface area (Å²) >= 11 is 1.51. The number of benzene rings is 2. The second kappa shape index (κ2) is 7.23. The van der Waals surface area contributed by atoms with Crippen molar-refractivity contribution >= 4 is 28.9 Å². The maximum atomic E-state index is 14.0. The predicted octanol–water partition coefficient (Wildman–Crippen LogP) is 5.34. The number of carbonyl (C=O) groups is 1. The molecule has 0 N–H and O–H groups in total. The van der Waals surface area contributed by atoms with Gasteiger partial charge in [0.25, 0.3) is 0 Å². The highest BCUT2D eigenvalue weighted by molar-refractivity contribution is 7.08. The first-order valence-corrected chi connectivity index (χ1v) is 11.1. The molecule has 2 aromatic carbocycles. The molecular formula is C26H19N3OS. The van der Waals surface area contributed by atoms with Crippen molar-refractivity contribution in [3.63, 3.8) is 0 Å². The van der Waals surface area contributed by atoms with Gasteiger partial charge in [0.05, 0.1) is 18.2 Å². The standard InChI is InChI=1S/C26H19N3OS/c1-17-6-8-19(9-7-17)25(30)24-23(20-12-13-31-14-20)26(15-27,16-28)22-11-10-18-4-2-3-5-21(18)29(22)24/h2-14,22-24H,1H3/t22-,23-,24+/m0/s1. The first-order chi connectivity index (χ1) is 15.1. The quantitative estimate of drug-likeness (QED) is 0.535. The Morgan fingerprint density at radius 2 is 1.81 bits per heavy atom. The van der Waals surface area contributed by atoms with E-state index >= 15 is 0 Å². The Kier molecular flexibility index (Phi) is 4.50. The highest BCUT2D eigenvalue weighted by atomic mass is 32.1. The van der Waals surface area contributed by atoms with Gasteiger partial charge in [-0.15, -0.1) is 0 Å². The molecule has 3 heterocycles. The summed E-state index contributed by atoms with van der Waals surface area (Å²) in [4.78, 5) is 16.0. The normalized spacial score (nSPS) is 22.8. The molecule has 0 unspecified atom stereocenters. The lowest BCUT2D eigenvalue weighted by molar-refractivity contribution is 0.0951. The molecule has 1 saturated heterocycles. The molecule has 4 nitrogen and oxygen atoms in total. The smallest absolute Gasteiger partial charge is 0.185 e. The summed E-state index contributed by atoms with van der Waals surface area (Å²) in [6, 6.07) is 20.8. The van der Waals surface area contributed by atoms with Gasteiger partial charge in [-0.05, 0) is 40.9 Å². The molecule has 3 aromatic rings. The lowest BCUT2D eigenvalue weighted by atomic mass is 9.69. The molecular weight excluding hydrogens is 402 g/mol. The number of thiophene rings is 1. The number of fused-ring (bicyclic) bond motifs is 3. The van der Waals surface area contributed by atoms with Crippen molar-refractivity contribution in [2.75, 3.05) is 4.90 Å². The number of hydrogen-bond acceptors (Lipinski definition) is 5. The summed E-state index contributed by atoms with van der Waals surface area (Å²) in [5.74, 6) is -0.637. The van der Waals surface area contributed by atoms with Gasteiger partial charge in [-0.1, -0.05) is 60.2 Å². The van der Waals surface area contributed by atoms with Gasteiger partial charge in [-0.25, -0.2) is 0 Å². The van der Waals surface area contributed by atoms with Crippen LogP contribution in [0.15, 0.2) is 71.4 Å². The maximum Gasteiger partial charge on any atom is 0.185 e. The van der Waals surface area contributed by atoms with E-state index in [4.69, 9.17) is 0 Å². The molecule has 150 valence electrons. The molecule has 0 saturated carbocycles. The third kappa shape index (κ3) is 2.75. The van der Waals surface area contributed by atoms with Gasteiger partial charge in [0, 0.05) is 17.2 Å². The first kappa shape index (κ1) is 19.3. The molecule has 0 aliphatic carbocycles. The molecule has 5 rings (SSSR count). The van der Waals surface area contributed by atoms with Crippen molar-refractivity contribution in [1.29, 1.82) is 10.5 Å². The lowest BCUT2D eigenvalue weighted by Gasteiger charge is -2.35. The monoisotopic (exact) mass is 421 g/mol. The maximum absolute atomic E-state index is 14.0. The second-order valence-electron chi connectivity index (χ2n) is 8.07. The molecule has 3 atom stereocenters. The van der Waals surface area contributed by atoms with Gasteiger partial charge in [0.15, 0.2) is 11.2 Å². The summed E-state index contributed by atoms with van der Waals surface area (Å²) in [6.45, 7) is 1.98.